The minimum Gasteiger partial charge on any atom is -0.467 e. The van der Waals surface area contributed by atoms with Gasteiger partial charge in [-0.15, -0.1) is 11.8 Å². The van der Waals surface area contributed by atoms with E-state index in [9.17, 15) is 9.59 Å². The quantitative estimate of drug-likeness (QED) is 0.655. The van der Waals surface area contributed by atoms with Crippen LogP contribution in [-0.4, -0.2) is 24.7 Å². The Hall–Kier alpha value is -2.21. The smallest absolute Gasteiger partial charge is 0.338 e. The maximum Gasteiger partial charge on any atom is 0.338 e. The summed E-state index contributed by atoms with van der Waals surface area (Å²) in [6.45, 7) is 1.47. The van der Waals surface area contributed by atoms with Crippen molar-refractivity contribution >= 4 is 23.6 Å². The summed E-state index contributed by atoms with van der Waals surface area (Å²) >= 11 is 1.59. The maximum atomic E-state index is 11.8. The molecule has 2 aromatic rings. The van der Waals surface area contributed by atoms with E-state index < -0.39 is 5.97 Å². The molecule has 1 N–H and O–H groups in total. The summed E-state index contributed by atoms with van der Waals surface area (Å²) in [5.41, 5.74) is 0.421. The first kappa shape index (κ1) is 16.2. The molecule has 1 amide bonds. The van der Waals surface area contributed by atoms with Gasteiger partial charge in [-0.1, -0.05) is 0 Å². The van der Waals surface area contributed by atoms with Crippen molar-refractivity contribution in [3.8, 4) is 0 Å². The van der Waals surface area contributed by atoms with E-state index in [0.717, 1.165) is 4.90 Å². The largest absolute Gasteiger partial charge is 0.467 e. The van der Waals surface area contributed by atoms with Gasteiger partial charge in [0.1, 0.15) is 5.76 Å². The molecule has 0 aliphatic carbocycles. The van der Waals surface area contributed by atoms with Crippen molar-refractivity contribution in [3.05, 3.63) is 54.0 Å². The highest BCUT2D eigenvalue weighted by atomic mass is 32.2. The van der Waals surface area contributed by atoms with E-state index >= 15 is 0 Å². The fourth-order valence-corrected chi connectivity index (χ4v) is 2.24. The highest BCUT2D eigenvalue weighted by Gasteiger charge is 2.14. The Labute approximate surface area is 133 Å². The van der Waals surface area contributed by atoms with Crippen LogP contribution in [0.3, 0.4) is 0 Å². The second-order valence-electron chi connectivity index (χ2n) is 4.61. The minimum atomic E-state index is -0.520. The zero-order valence-corrected chi connectivity index (χ0v) is 13.2. The molecule has 22 heavy (non-hydrogen) atoms. The molecule has 2 rings (SSSR count). The van der Waals surface area contributed by atoms with Crippen LogP contribution in [-0.2, 0) is 9.53 Å². The third-order valence-corrected chi connectivity index (χ3v) is 3.75. The number of nitrogens with one attached hydrogen (secondary N) is 1. The van der Waals surface area contributed by atoms with Crippen LogP contribution < -0.4 is 5.32 Å². The van der Waals surface area contributed by atoms with Gasteiger partial charge in [-0.05, 0) is 49.6 Å². The Kier molecular flexibility index (Phi) is 5.66. The van der Waals surface area contributed by atoms with Gasteiger partial charge in [-0.25, -0.2) is 4.79 Å². The summed E-state index contributed by atoms with van der Waals surface area (Å²) in [4.78, 5) is 24.6. The van der Waals surface area contributed by atoms with Crippen molar-refractivity contribution in [2.75, 3.05) is 12.9 Å². The number of amides is 1. The molecular formula is C16H17NO4S. The summed E-state index contributed by atoms with van der Waals surface area (Å²) in [5.74, 6) is -0.251. The van der Waals surface area contributed by atoms with Crippen molar-refractivity contribution < 1.29 is 18.7 Å². The fourth-order valence-electron chi connectivity index (χ4n) is 1.83. The molecule has 0 spiro atoms. The summed E-state index contributed by atoms with van der Waals surface area (Å²) in [6, 6.07) is 10.3. The molecule has 0 aliphatic heterocycles. The number of rotatable bonds is 6. The topological polar surface area (TPSA) is 68.5 Å². The predicted octanol–water partition coefficient (Wildman–Crippen LogP) is 3.04. The van der Waals surface area contributed by atoms with Gasteiger partial charge in [0, 0.05) is 4.90 Å². The molecule has 0 fully saturated rings. The van der Waals surface area contributed by atoms with Crippen LogP contribution in [0.15, 0.2) is 52.0 Å². The average molecular weight is 319 g/mol. The van der Waals surface area contributed by atoms with E-state index in [1.807, 2.05) is 18.4 Å². The number of carbonyl (C=O) groups is 2. The number of hydrogen-bond donors (Lipinski definition) is 1. The first-order chi connectivity index (χ1) is 10.6. The van der Waals surface area contributed by atoms with Crippen LogP contribution in [0.2, 0.25) is 0 Å². The minimum absolute atomic E-state index is 0.276. The van der Waals surface area contributed by atoms with Crippen molar-refractivity contribution in [1.29, 1.82) is 0 Å². The van der Waals surface area contributed by atoms with E-state index in [0.29, 0.717) is 11.3 Å². The van der Waals surface area contributed by atoms with Crippen LogP contribution in [0, 0.1) is 0 Å². The zero-order chi connectivity index (χ0) is 15.9. The first-order valence-electron chi connectivity index (χ1n) is 6.74. The molecule has 0 aliphatic rings. The van der Waals surface area contributed by atoms with Gasteiger partial charge in [0.15, 0.2) is 6.61 Å². The highest BCUT2D eigenvalue weighted by molar-refractivity contribution is 7.98. The molecule has 1 aromatic heterocycles. The van der Waals surface area contributed by atoms with Crippen LogP contribution in [0.5, 0.6) is 0 Å². The number of esters is 1. The lowest BCUT2D eigenvalue weighted by Crippen LogP contribution is -2.30. The number of furan rings is 1. The Balaban J connectivity index is 1.81. The predicted molar refractivity (Wildman–Crippen MR) is 83.8 cm³/mol. The molecule has 5 nitrogen and oxygen atoms in total. The van der Waals surface area contributed by atoms with Crippen molar-refractivity contribution in [3.63, 3.8) is 0 Å². The average Bonchev–Trinajstić information content (AvgIpc) is 3.07. The molecule has 1 aromatic carbocycles. The van der Waals surface area contributed by atoms with E-state index in [1.54, 1.807) is 43.0 Å². The molecule has 0 bridgehead atoms. The number of carbonyl (C=O) groups excluding carboxylic acids is 2. The SMILES string of the molecule is CSc1ccc(C(=O)OCC(=O)N[C@H](C)c2ccco2)cc1. The standard InChI is InChI=1S/C16H17NO4S/c1-11(14-4-3-9-20-14)17-15(18)10-21-16(19)12-5-7-13(22-2)8-6-12/h3-9,11H,10H2,1-2H3,(H,17,18)/t11-/m1/s1. The number of ether oxygens (including phenoxy) is 1. The summed E-state index contributed by atoms with van der Waals surface area (Å²) in [7, 11) is 0. The number of thioether (sulfide) groups is 1. The van der Waals surface area contributed by atoms with Crippen LogP contribution in [0.1, 0.15) is 29.1 Å². The Morgan fingerprint density at radius 3 is 2.59 bits per heavy atom. The van der Waals surface area contributed by atoms with Crippen LogP contribution in [0.25, 0.3) is 0 Å². The fraction of sp³-hybridized carbons (Fsp3) is 0.250. The van der Waals surface area contributed by atoms with Gasteiger partial charge in [0.05, 0.1) is 17.9 Å². The normalized spacial score (nSPS) is 11.7. The first-order valence-corrected chi connectivity index (χ1v) is 7.96. The summed E-state index contributed by atoms with van der Waals surface area (Å²) in [5, 5.41) is 2.69. The van der Waals surface area contributed by atoms with Gasteiger partial charge in [0.2, 0.25) is 0 Å². The molecule has 6 heteroatoms. The van der Waals surface area contributed by atoms with E-state index in [1.165, 1.54) is 6.26 Å². The number of benzene rings is 1. The van der Waals surface area contributed by atoms with Gasteiger partial charge in [0.25, 0.3) is 5.91 Å². The van der Waals surface area contributed by atoms with Gasteiger partial charge in [-0.3, -0.25) is 4.79 Å². The third-order valence-electron chi connectivity index (χ3n) is 3.01. The molecule has 1 atom stereocenters. The van der Waals surface area contributed by atoms with Gasteiger partial charge >= 0.3 is 5.97 Å². The van der Waals surface area contributed by atoms with Crippen LogP contribution in [0.4, 0.5) is 0 Å². The molecule has 0 saturated carbocycles. The van der Waals surface area contributed by atoms with Crippen molar-refractivity contribution in [2.24, 2.45) is 0 Å². The van der Waals surface area contributed by atoms with E-state index in [-0.39, 0.29) is 18.6 Å². The monoisotopic (exact) mass is 319 g/mol. The summed E-state index contributed by atoms with van der Waals surface area (Å²) in [6.07, 6.45) is 3.49. The molecular weight excluding hydrogens is 302 g/mol. The van der Waals surface area contributed by atoms with Crippen molar-refractivity contribution in [2.45, 2.75) is 17.9 Å². The maximum absolute atomic E-state index is 11.8. The highest BCUT2D eigenvalue weighted by Crippen LogP contribution is 2.15. The van der Waals surface area contributed by atoms with Gasteiger partial charge < -0.3 is 14.5 Å². The second kappa shape index (κ2) is 7.70. The summed E-state index contributed by atoms with van der Waals surface area (Å²) < 4.78 is 10.2. The third kappa shape index (κ3) is 4.39. The molecule has 0 radical (unpaired) electrons. The lowest BCUT2D eigenvalue weighted by atomic mass is 10.2. The van der Waals surface area contributed by atoms with E-state index in [4.69, 9.17) is 9.15 Å². The van der Waals surface area contributed by atoms with Crippen LogP contribution >= 0.6 is 11.8 Å². The Bertz CT molecular complexity index is 622. The van der Waals surface area contributed by atoms with E-state index in [2.05, 4.69) is 5.32 Å². The molecule has 116 valence electrons. The zero-order valence-electron chi connectivity index (χ0n) is 12.4. The second-order valence-corrected chi connectivity index (χ2v) is 5.49. The number of hydrogen-bond acceptors (Lipinski definition) is 5. The molecule has 0 unspecified atom stereocenters. The molecule has 1 heterocycles. The Morgan fingerprint density at radius 2 is 2.00 bits per heavy atom. The lowest BCUT2D eigenvalue weighted by Gasteiger charge is -2.11. The van der Waals surface area contributed by atoms with Crippen molar-refractivity contribution in [1.82, 2.24) is 5.32 Å². The Morgan fingerprint density at radius 1 is 1.27 bits per heavy atom. The molecule has 0 saturated heterocycles. The van der Waals surface area contributed by atoms with Gasteiger partial charge in [-0.2, -0.15) is 0 Å². The lowest BCUT2D eigenvalue weighted by molar-refractivity contribution is -0.125.